The van der Waals surface area contributed by atoms with E-state index in [1.165, 1.54) is 6.92 Å². The topological polar surface area (TPSA) is 75.6 Å². The van der Waals surface area contributed by atoms with Gasteiger partial charge in [0, 0.05) is 4.90 Å². The van der Waals surface area contributed by atoms with Crippen molar-refractivity contribution in [3.05, 3.63) is 23.8 Å². The minimum Gasteiger partial charge on any atom is -0.480 e. The van der Waals surface area contributed by atoms with Gasteiger partial charge in [-0.25, -0.2) is 4.79 Å². The van der Waals surface area contributed by atoms with Gasteiger partial charge in [0.05, 0.1) is 11.3 Å². The van der Waals surface area contributed by atoms with E-state index in [0.29, 0.717) is 11.8 Å². The SMILES string of the molecule is CC(Sc1cc(C(F)(F)F)ccc1NC(=O)OC(C)(C)C)C(=O)O. The van der Waals surface area contributed by atoms with Crippen molar-refractivity contribution < 1.29 is 32.6 Å². The minimum absolute atomic E-state index is 0.00872. The smallest absolute Gasteiger partial charge is 0.416 e. The van der Waals surface area contributed by atoms with E-state index in [2.05, 4.69) is 5.32 Å². The first-order chi connectivity index (χ1) is 10.8. The molecule has 0 spiro atoms. The highest BCUT2D eigenvalue weighted by Crippen LogP contribution is 2.37. The number of hydrogen-bond donors (Lipinski definition) is 2. The van der Waals surface area contributed by atoms with Crippen LogP contribution in [0.1, 0.15) is 33.3 Å². The molecule has 0 radical (unpaired) electrons. The van der Waals surface area contributed by atoms with E-state index in [9.17, 15) is 22.8 Å². The van der Waals surface area contributed by atoms with Crippen LogP contribution >= 0.6 is 11.8 Å². The summed E-state index contributed by atoms with van der Waals surface area (Å²) in [6, 6.07) is 2.68. The van der Waals surface area contributed by atoms with Crippen molar-refractivity contribution in [2.45, 2.75) is 49.6 Å². The van der Waals surface area contributed by atoms with Crippen LogP contribution in [0.5, 0.6) is 0 Å². The van der Waals surface area contributed by atoms with Crippen LogP contribution in [-0.2, 0) is 15.7 Å². The Bertz CT molecular complexity index is 626. The maximum absolute atomic E-state index is 12.8. The van der Waals surface area contributed by atoms with Crippen LogP contribution in [0.4, 0.5) is 23.7 Å². The van der Waals surface area contributed by atoms with E-state index in [1.807, 2.05) is 0 Å². The van der Waals surface area contributed by atoms with E-state index in [-0.39, 0.29) is 10.6 Å². The minimum atomic E-state index is -4.58. The van der Waals surface area contributed by atoms with E-state index >= 15 is 0 Å². The van der Waals surface area contributed by atoms with Crippen molar-refractivity contribution in [2.75, 3.05) is 5.32 Å². The molecule has 24 heavy (non-hydrogen) atoms. The Morgan fingerprint density at radius 2 is 1.83 bits per heavy atom. The van der Waals surface area contributed by atoms with Crippen LogP contribution in [0.3, 0.4) is 0 Å². The number of halogens is 3. The third-order valence-corrected chi connectivity index (χ3v) is 3.74. The van der Waals surface area contributed by atoms with Crippen molar-refractivity contribution in [3.63, 3.8) is 0 Å². The molecule has 134 valence electrons. The Kier molecular flexibility index (Phi) is 6.15. The molecule has 0 aliphatic heterocycles. The van der Waals surface area contributed by atoms with Crippen molar-refractivity contribution >= 4 is 29.5 Å². The normalized spacial score (nSPS) is 13.3. The predicted octanol–water partition coefficient (Wildman–Crippen LogP) is 4.62. The lowest BCUT2D eigenvalue weighted by molar-refractivity contribution is -0.138. The Morgan fingerprint density at radius 3 is 2.29 bits per heavy atom. The molecule has 0 saturated heterocycles. The lowest BCUT2D eigenvalue weighted by Crippen LogP contribution is -2.27. The lowest BCUT2D eigenvalue weighted by Gasteiger charge is -2.21. The van der Waals surface area contributed by atoms with Crippen LogP contribution in [-0.4, -0.2) is 28.0 Å². The molecule has 1 aromatic rings. The number of anilines is 1. The number of thioether (sulfide) groups is 1. The van der Waals surface area contributed by atoms with E-state index in [0.717, 1.165) is 18.2 Å². The standard InChI is InChI=1S/C15H18F3NO4S/c1-8(12(20)21)24-11-7-9(15(16,17)18)5-6-10(11)19-13(22)23-14(2,3)4/h5-8H,1-4H3,(H,19,22)(H,20,21). The summed E-state index contributed by atoms with van der Waals surface area (Å²) in [5, 5.41) is 10.3. The van der Waals surface area contributed by atoms with Crippen molar-refractivity contribution in [2.24, 2.45) is 0 Å². The lowest BCUT2D eigenvalue weighted by atomic mass is 10.2. The molecule has 0 saturated carbocycles. The fourth-order valence-electron chi connectivity index (χ4n) is 1.55. The maximum atomic E-state index is 12.8. The molecule has 0 bridgehead atoms. The van der Waals surface area contributed by atoms with Crippen LogP contribution in [0.2, 0.25) is 0 Å². The first-order valence-electron chi connectivity index (χ1n) is 6.90. The molecule has 0 heterocycles. The zero-order chi connectivity index (χ0) is 18.7. The highest BCUT2D eigenvalue weighted by atomic mass is 32.2. The third kappa shape index (κ3) is 6.31. The number of aliphatic carboxylic acids is 1. The molecule has 1 amide bonds. The largest absolute Gasteiger partial charge is 0.480 e. The Morgan fingerprint density at radius 1 is 1.25 bits per heavy atom. The van der Waals surface area contributed by atoms with E-state index in [4.69, 9.17) is 9.84 Å². The number of ether oxygens (including phenoxy) is 1. The summed E-state index contributed by atoms with van der Waals surface area (Å²) in [4.78, 5) is 22.7. The molecule has 9 heteroatoms. The molecular weight excluding hydrogens is 347 g/mol. The summed E-state index contributed by atoms with van der Waals surface area (Å²) in [7, 11) is 0. The van der Waals surface area contributed by atoms with Crippen LogP contribution in [0, 0.1) is 0 Å². The number of benzene rings is 1. The van der Waals surface area contributed by atoms with Crippen LogP contribution < -0.4 is 5.32 Å². The number of carboxylic acid groups (broad SMARTS) is 1. The maximum Gasteiger partial charge on any atom is 0.416 e. The third-order valence-electron chi connectivity index (χ3n) is 2.60. The zero-order valence-corrected chi connectivity index (χ0v) is 14.3. The molecular formula is C15H18F3NO4S. The van der Waals surface area contributed by atoms with Crippen molar-refractivity contribution in [1.29, 1.82) is 0 Å². The molecule has 0 aliphatic carbocycles. The summed E-state index contributed by atoms with van der Waals surface area (Å²) in [6.45, 7) is 6.26. The van der Waals surface area contributed by atoms with Gasteiger partial charge in [-0.15, -0.1) is 11.8 Å². The first-order valence-corrected chi connectivity index (χ1v) is 7.78. The second kappa shape index (κ2) is 7.33. The predicted molar refractivity (Wildman–Crippen MR) is 84.3 cm³/mol. The van der Waals surface area contributed by atoms with Gasteiger partial charge in [0.25, 0.3) is 0 Å². The number of nitrogens with one attached hydrogen (secondary N) is 1. The highest BCUT2D eigenvalue weighted by molar-refractivity contribution is 8.00. The molecule has 0 aromatic heterocycles. The summed E-state index contributed by atoms with van der Waals surface area (Å²) in [5.41, 5.74) is -1.66. The average molecular weight is 365 g/mol. The molecule has 1 rings (SSSR count). The van der Waals surface area contributed by atoms with Gasteiger partial charge in [-0.1, -0.05) is 0 Å². The quantitative estimate of drug-likeness (QED) is 0.762. The van der Waals surface area contributed by atoms with Gasteiger partial charge in [0.1, 0.15) is 10.9 Å². The Labute approximate surface area is 141 Å². The number of alkyl halides is 3. The highest BCUT2D eigenvalue weighted by Gasteiger charge is 2.32. The molecule has 1 unspecified atom stereocenters. The second-order valence-corrected chi connectivity index (χ2v) is 7.32. The fourth-order valence-corrected chi connectivity index (χ4v) is 2.48. The summed E-state index contributed by atoms with van der Waals surface area (Å²) >= 11 is 0.699. The molecule has 1 aromatic carbocycles. The summed E-state index contributed by atoms with van der Waals surface area (Å²) < 4.78 is 43.6. The van der Waals surface area contributed by atoms with Gasteiger partial charge in [-0.2, -0.15) is 13.2 Å². The van der Waals surface area contributed by atoms with Crippen molar-refractivity contribution in [3.8, 4) is 0 Å². The summed E-state index contributed by atoms with van der Waals surface area (Å²) in [5.74, 6) is -1.18. The van der Waals surface area contributed by atoms with Gasteiger partial charge in [-0.3, -0.25) is 10.1 Å². The zero-order valence-electron chi connectivity index (χ0n) is 13.5. The number of rotatable bonds is 4. The van der Waals surface area contributed by atoms with Gasteiger partial charge >= 0.3 is 18.2 Å². The number of carbonyl (C=O) groups excluding carboxylic acids is 1. The number of carbonyl (C=O) groups is 2. The monoisotopic (exact) mass is 365 g/mol. The van der Waals surface area contributed by atoms with Gasteiger partial charge in [-0.05, 0) is 45.9 Å². The number of amides is 1. The molecule has 2 N–H and O–H groups in total. The van der Waals surface area contributed by atoms with Gasteiger partial charge in [0.15, 0.2) is 0 Å². The van der Waals surface area contributed by atoms with E-state index < -0.39 is 34.7 Å². The van der Waals surface area contributed by atoms with Crippen LogP contribution in [0.15, 0.2) is 23.1 Å². The Hall–Kier alpha value is -1.90. The molecule has 1 atom stereocenters. The Balaban J connectivity index is 3.13. The fraction of sp³-hybridized carbons (Fsp3) is 0.467. The van der Waals surface area contributed by atoms with Crippen LogP contribution in [0.25, 0.3) is 0 Å². The van der Waals surface area contributed by atoms with Gasteiger partial charge < -0.3 is 9.84 Å². The second-order valence-electron chi connectivity index (χ2n) is 5.93. The molecule has 0 fully saturated rings. The van der Waals surface area contributed by atoms with Gasteiger partial charge in [0.2, 0.25) is 0 Å². The molecule has 0 aliphatic rings. The average Bonchev–Trinajstić information content (AvgIpc) is 2.36. The van der Waals surface area contributed by atoms with E-state index in [1.54, 1.807) is 20.8 Å². The molecule has 5 nitrogen and oxygen atoms in total. The summed E-state index contributed by atoms with van der Waals surface area (Å²) in [6.07, 6.45) is -5.42. The van der Waals surface area contributed by atoms with Crippen molar-refractivity contribution in [1.82, 2.24) is 0 Å². The first kappa shape index (κ1) is 20.1. The number of hydrogen-bond acceptors (Lipinski definition) is 4. The number of carboxylic acids is 1.